The van der Waals surface area contributed by atoms with Gasteiger partial charge in [0, 0.05) is 32.1 Å². The fourth-order valence-electron chi connectivity index (χ4n) is 4.68. The summed E-state index contributed by atoms with van der Waals surface area (Å²) >= 11 is 0. The quantitative estimate of drug-likeness (QED) is 0.705. The van der Waals surface area contributed by atoms with Crippen LogP contribution in [-0.2, 0) is 17.9 Å². The van der Waals surface area contributed by atoms with Gasteiger partial charge in [-0.3, -0.25) is 9.69 Å². The van der Waals surface area contributed by atoms with Crippen LogP contribution in [-0.4, -0.2) is 63.2 Å². The molecule has 2 aromatic rings. The third-order valence-corrected chi connectivity index (χ3v) is 6.35. The van der Waals surface area contributed by atoms with Crippen LogP contribution in [0.25, 0.3) is 0 Å². The number of benzene rings is 1. The van der Waals surface area contributed by atoms with E-state index in [9.17, 15) is 4.79 Å². The lowest BCUT2D eigenvalue weighted by atomic mass is 9.94. The van der Waals surface area contributed by atoms with Gasteiger partial charge in [-0.05, 0) is 31.5 Å². The Bertz CT molecular complexity index is 819. The minimum Gasteiger partial charge on any atom is -0.341 e. The van der Waals surface area contributed by atoms with Crippen molar-refractivity contribution in [2.75, 3.05) is 32.7 Å². The molecule has 1 amide bonds. The predicted molar refractivity (Wildman–Crippen MR) is 127 cm³/mol. The molecule has 0 bridgehead atoms. The average Bonchev–Trinajstić information content (AvgIpc) is 3.22. The number of likely N-dealkylation sites (tertiary alicyclic amines) is 1. The first-order valence-electron chi connectivity index (χ1n) is 10.9. The summed E-state index contributed by atoms with van der Waals surface area (Å²) in [6.07, 6.45) is 1.91. The normalized spacial score (nSPS) is 17.5. The number of amides is 1. The second-order valence-corrected chi connectivity index (χ2v) is 7.94. The Hall–Kier alpha value is -1.67. The first kappa shape index (κ1) is 25.6. The van der Waals surface area contributed by atoms with Gasteiger partial charge in [0.25, 0.3) is 0 Å². The van der Waals surface area contributed by atoms with Crippen molar-refractivity contribution in [1.82, 2.24) is 29.9 Å². The van der Waals surface area contributed by atoms with Crippen molar-refractivity contribution in [1.29, 1.82) is 0 Å². The Kier molecular flexibility index (Phi) is 9.75. The van der Waals surface area contributed by atoms with Crippen molar-refractivity contribution < 1.29 is 4.79 Å². The zero-order chi connectivity index (χ0) is 20.2. The summed E-state index contributed by atoms with van der Waals surface area (Å²) in [5, 5.41) is 12.2. The molecule has 1 aromatic heterocycles. The van der Waals surface area contributed by atoms with Gasteiger partial charge in [0.2, 0.25) is 5.91 Å². The van der Waals surface area contributed by atoms with Crippen LogP contribution in [0, 0.1) is 0 Å². The van der Waals surface area contributed by atoms with E-state index in [1.807, 2.05) is 18.2 Å². The van der Waals surface area contributed by atoms with Gasteiger partial charge in [0.1, 0.15) is 17.7 Å². The van der Waals surface area contributed by atoms with Crippen LogP contribution < -0.4 is 5.32 Å². The van der Waals surface area contributed by atoms with Crippen molar-refractivity contribution in [3.63, 3.8) is 0 Å². The highest BCUT2D eigenvalue weighted by Gasteiger charge is 2.34. The molecule has 2 aliphatic heterocycles. The highest BCUT2D eigenvalue weighted by atomic mass is 35.5. The first-order chi connectivity index (χ1) is 14.2. The molecule has 4 rings (SSSR count). The summed E-state index contributed by atoms with van der Waals surface area (Å²) in [6, 6.07) is 10.0. The van der Waals surface area contributed by atoms with Crippen molar-refractivity contribution >= 4 is 30.7 Å². The number of fused-ring (bicyclic) bond motifs is 1. The lowest BCUT2D eigenvalue weighted by Crippen LogP contribution is -2.46. The lowest BCUT2D eigenvalue weighted by Gasteiger charge is -2.37. The zero-order valence-corrected chi connectivity index (χ0v) is 20.0. The molecular formula is C22H34Cl2N6O. The van der Waals surface area contributed by atoms with Gasteiger partial charge in [-0.1, -0.05) is 44.2 Å². The van der Waals surface area contributed by atoms with Crippen LogP contribution in [0.3, 0.4) is 0 Å². The van der Waals surface area contributed by atoms with Gasteiger partial charge in [0.05, 0.1) is 6.54 Å². The van der Waals surface area contributed by atoms with Gasteiger partial charge in [-0.25, -0.2) is 0 Å². The van der Waals surface area contributed by atoms with Crippen LogP contribution in [0.4, 0.5) is 0 Å². The molecule has 1 aromatic carbocycles. The van der Waals surface area contributed by atoms with Gasteiger partial charge < -0.3 is 14.8 Å². The number of hydrogen-bond acceptors (Lipinski definition) is 5. The second-order valence-electron chi connectivity index (χ2n) is 7.94. The molecule has 7 nitrogen and oxygen atoms in total. The van der Waals surface area contributed by atoms with Crippen molar-refractivity contribution in [3.8, 4) is 0 Å². The number of carbonyl (C=O) groups excluding carboxylic acids is 1. The highest BCUT2D eigenvalue weighted by Crippen LogP contribution is 2.30. The van der Waals surface area contributed by atoms with E-state index >= 15 is 0 Å². The third kappa shape index (κ3) is 5.40. The third-order valence-electron chi connectivity index (χ3n) is 6.35. The van der Waals surface area contributed by atoms with Gasteiger partial charge in [-0.2, -0.15) is 0 Å². The topological polar surface area (TPSA) is 66.3 Å². The minimum absolute atomic E-state index is 0. The number of aromatic nitrogens is 3. The van der Waals surface area contributed by atoms with E-state index < -0.39 is 0 Å². The fraction of sp³-hybridized carbons (Fsp3) is 0.591. The van der Waals surface area contributed by atoms with Crippen LogP contribution in [0.2, 0.25) is 0 Å². The summed E-state index contributed by atoms with van der Waals surface area (Å²) in [4.78, 5) is 17.8. The number of nitrogens with zero attached hydrogens (tertiary/aromatic N) is 5. The number of carbonyl (C=O) groups is 1. The van der Waals surface area contributed by atoms with E-state index in [1.54, 1.807) is 0 Å². The molecule has 9 heteroatoms. The average molecular weight is 469 g/mol. The second kappa shape index (κ2) is 11.8. The Morgan fingerprint density at radius 1 is 1.10 bits per heavy atom. The molecule has 2 aliphatic rings. The predicted octanol–water partition coefficient (Wildman–Crippen LogP) is 3.01. The largest absolute Gasteiger partial charge is 0.341 e. The maximum absolute atomic E-state index is 13.5. The summed E-state index contributed by atoms with van der Waals surface area (Å²) in [6.45, 7) is 10.3. The monoisotopic (exact) mass is 468 g/mol. The molecular weight excluding hydrogens is 435 g/mol. The Morgan fingerprint density at radius 2 is 1.77 bits per heavy atom. The van der Waals surface area contributed by atoms with E-state index in [4.69, 9.17) is 0 Å². The summed E-state index contributed by atoms with van der Waals surface area (Å²) in [5.41, 5.74) is 1.09. The van der Waals surface area contributed by atoms with E-state index in [-0.39, 0.29) is 36.8 Å². The minimum atomic E-state index is -0.199. The zero-order valence-electron chi connectivity index (χ0n) is 18.4. The molecule has 1 atom stereocenters. The maximum atomic E-state index is 13.5. The molecule has 172 valence electrons. The van der Waals surface area contributed by atoms with Crippen molar-refractivity contribution in [3.05, 3.63) is 47.5 Å². The van der Waals surface area contributed by atoms with E-state index in [1.165, 1.54) is 0 Å². The molecule has 1 fully saturated rings. The van der Waals surface area contributed by atoms with Gasteiger partial charge in [0.15, 0.2) is 0 Å². The summed E-state index contributed by atoms with van der Waals surface area (Å²) < 4.78 is 2.28. The summed E-state index contributed by atoms with van der Waals surface area (Å²) in [5.74, 6) is 2.76. The van der Waals surface area contributed by atoms with Crippen LogP contribution in [0.15, 0.2) is 30.3 Å². The Labute approximate surface area is 197 Å². The fourth-order valence-corrected chi connectivity index (χ4v) is 4.68. The number of hydrogen-bond donors (Lipinski definition) is 1. The standard InChI is InChI=1S/C22H32N6O.2ClH/c1-3-26(4-2)20(17-8-6-5-7-9-17)22(29)27-13-10-18(11-14-27)21-25-24-19-16-23-12-15-28(19)21;;/h5-9,18,20,23H,3-4,10-16H2,1-2H3;2*1H. The highest BCUT2D eigenvalue weighted by molar-refractivity contribution is 5.85. The molecule has 0 aliphatic carbocycles. The van der Waals surface area contributed by atoms with E-state index in [0.29, 0.717) is 5.92 Å². The maximum Gasteiger partial charge on any atom is 0.244 e. The molecule has 3 heterocycles. The Morgan fingerprint density at radius 3 is 2.42 bits per heavy atom. The first-order valence-corrected chi connectivity index (χ1v) is 10.9. The smallest absolute Gasteiger partial charge is 0.244 e. The number of piperidine rings is 1. The van der Waals surface area contributed by atoms with E-state index in [0.717, 1.165) is 75.9 Å². The number of rotatable bonds is 6. The molecule has 0 spiro atoms. The van der Waals surface area contributed by atoms with Crippen LogP contribution in [0.5, 0.6) is 0 Å². The van der Waals surface area contributed by atoms with Crippen molar-refractivity contribution in [2.24, 2.45) is 0 Å². The number of nitrogens with one attached hydrogen (secondary N) is 1. The lowest BCUT2D eigenvalue weighted by molar-refractivity contribution is -0.138. The van der Waals surface area contributed by atoms with Gasteiger partial charge >= 0.3 is 0 Å². The summed E-state index contributed by atoms with van der Waals surface area (Å²) in [7, 11) is 0. The number of halogens is 2. The van der Waals surface area contributed by atoms with E-state index in [2.05, 4.69) is 55.9 Å². The molecule has 1 unspecified atom stereocenters. The molecule has 1 N–H and O–H groups in total. The van der Waals surface area contributed by atoms with Crippen LogP contribution in [0.1, 0.15) is 55.9 Å². The number of likely N-dealkylation sites (N-methyl/N-ethyl adjacent to an activating group) is 1. The molecule has 1 saturated heterocycles. The van der Waals surface area contributed by atoms with Crippen molar-refractivity contribution in [2.45, 2.75) is 51.7 Å². The molecule has 31 heavy (non-hydrogen) atoms. The SMILES string of the molecule is CCN(CC)C(C(=O)N1CCC(c2nnc3n2CCNC3)CC1)c1ccccc1.Cl.Cl. The van der Waals surface area contributed by atoms with Crippen LogP contribution >= 0.6 is 24.8 Å². The molecule has 0 saturated carbocycles. The van der Waals surface area contributed by atoms with Gasteiger partial charge in [-0.15, -0.1) is 35.0 Å². The Balaban J connectivity index is 0.00000171. The molecule has 0 radical (unpaired) electrons.